The van der Waals surface area contributed by atoms with Crippen LogP contribution >= 0.6 is 23.2 Å². The van der Waals surface area contributed by atoms with Gasteiger partial charge in [0.15, 0.2) is 0 Å². The molecular weight excluding hydrogens is 577 g/mol. The Bertz CT molecular complexity index is 1210. The van der Waals surface area contributed by atoms with Gasteiger partial charge in [0, 0.05) is 61.3 Å². The molecule has 3 amide bonds. The Morgan fingerprint density at radius 2 is 1.90 bits per heavy atom. The highest BCUT2D eigenvalue weighted by atomic mass is 35.5. The van der Waals surface area contributed by atoms with E-state index in [0.29, 0.717) is 36.1 Å². The van der Waals surface area contributed by atoms with Crippen LogP contribution in [0.25, 0.3) is 0 Å². The van der Waals surface area contributed by atoms with E-state index in [4.69, 9.17) is 32.9 Å². The number of rotatable bonds is 10. The molecule has 42 heavy (non-hydrogen) atoms. The highest BCUT2D eigenvalue weighted by Gasteiger charge is 2.33. The summed E-state index contributed by atoms with van der Waals surface area (Å²) >= 11 is 12.6. The number of nitrogens with zero attached hydrogens (tertiary/aromatic N) is 4. The van der Waals surface area contributed by atoms with E-state index in [1.165, 1.54) is 0 Å². The second kappa shape index (κ2) is 15.2. The summed E-state index contributed by atoms with van der Waals surface area (Å²) in [7, 11) is 4.07. The van der Waals surface area contributed by atoms with Crippen molar-refractivity contribution in [1.29, 1.82) is 0 Å². The zero-order chi connectivity index (χ0) is 30.2. The number of carbonyl (C=O) groups excluding carboxylic acids is 2. The molecule has 4 rings (SSSR count). The largest absolute Gasteiger partial charge is 0.487 e. The molecule has 0 bridgehead atoms. The monoisotopic (exact) mass is 619 g/mol. The van der Waals surface area contributed by atoms with Gasteiger partial charge in [0.05, 0.1) is 11.8 Å². The lowest BCUT2D eigenvalue weighted by atomic mass is 9.91. The van der Waals surface area contributed by atoms with Gasteiger partial charge in [-0.1, -0.05) is 36.2 Å². The maximum Gasteiger partial charge on any atom is 0.318 e. The van der Waals surface area contributed by atoms with Crippen LogP contribution in [0, 0.1) is 0 Å². The maximum absolute atomic E-state index is 13.9. The van der Waals surface area contributed by atoms with Crippen molar-refractivity contribution in [2.24, 2.45) is 0 Å². The molecule has 2 aliphatic rings. The van der Waals surface area contributed by atoms with Gasteiger partial charge in [0.25, 0.3) is 0 Å². The smallest absolute Gasteiger partial charge is 0.318 e. The zero-order valence-corrected chi connectivity index (χ0v) is 26.3. The number of amides is 3. The van der Waals surface area contributed by atoms with Crippen molar-refractivity contribution in [1.82, 2.24) is 25.0 Å². The number of β-amino-alcohol motifs (C(OH)–C–C–N with tert-alkyl or cyclic N) is 1. The Hall–Kier alpha value is -2.59. The standard InChI is InChI=1S/C31H43Cl2N5O4/c1-4-25(20-36(2)3)42-28-8-5-13-34-29(28)21-11-15-37(16-12-21)30(40)27(17-22-9-10-23(32)18-26(22)33)35-31(41)38-14-6-7-24(39)19-38/h5,8-10,13,18,21,24-25,27,39H,4,6-7,11-12,14-17,19-20H2,1-3H3,(H,35,41)/t24?,25-,27+/m0/s1. The van der Waals surface area contributed by atoms with Crippen LogP contribution in [-0.2, 0) is 11.2 Å². The maximum atomic E-state index is 13.9. The Morgan fingerprint density at radius 1 is 1.14 bits per heavy atom. The highest BCUT2D eigenvalue weighted by molar-refractivity contribution is 6.35. The van der Waals surface area contributed by atoms with Crippen molar-refractivity contribution in [3.05, 3.63) is 57.8 Å². The minimum absolute atomic E-state index is 0.0645. The molecule has 2 saturated heterocycles. The number of likely N-dealkylation sites (N-methyl/N-ethyl adjacent to an activating group) is 1. The van der Waals surface area contributed by atoms with E-state index in [9.17, 15) is 14.7 Å². The number of likely N-dealkylation sites (tertiary alicyclic amines) is 2. The Labute approximate surface area is 259 Å². The molecule has 1 unspecified atom stereocenters. The van der Waals surface area contributed by atoms with Crippen molar-refractivity contribution >= 4 is 35.1 Å². The quantitative estimate of drug-likeness (QED) is 0.404. The van der Waals surface area contributed by atoms with Crippen LogP contribution in [0.5, 0.6) is 5.75 Å². The van der Waals surface area contributed by atoms with Crippen molar-refractivity contribution in [3.8, 4) is 5.75 Å². The Balaban J connectivity index is 1.45. The van der Waals surface area contributed by atoms with Gasteiger partial charge in [-0.3, -0.25) is 9.78 Å². The van der Waals surface area contributed by atoms with Crippen LogP contribution in [0.3, 0.4) is 0 Å². The van der Waals surface area contributed by atoms with Crippen molar-refractivity contribution in [2.45, 2.75) is 69.6 Å². The summed E-state index contributed by atoms with van der Waals surface area (Å²) in [5.41, 5.74) is 1.66. The van der Waals surface area contributed by atoms with Gasteiger partial charge in [0.2, 0.25) is 5.91 Å². The molecule has 2 N–H and O–H groups in total. The molecule has 230 valence electrons. The fourth-order valence-corrected chi connectivity index (χ4v) is 6.21. The first-order valence-corrected chi connectivity index (χ1v) is 15.6. The van der Waals surface area contributed by atoms with Gasteiger partial charge in [-0.2, -0.15) is 0 Å². The van der Waals surface area contributed by atoms with Crippen LogP contribution in [0.2, 0.25) is 10.0 Å². The molecule has 9 nitrogen and oxygen atoms in total. The number of benzene rings is 1. The second-order valence-electron chi connectivity index (χ2n) is 11.6. The van der Waals surface area contributed by atoms with Gasteiger partial charge in [-0.15, -0.1) is 0 Å². The van der Waals surface area contributed by atoms with Crippen molar-refractivity contribution in [2.75, 3.05) is 46.8 Å². The lowest BCUT2D eigenvalue weighted by Crippen LogP contribution is -2.56. The summed E-state index contributed by atoms with van der Waals surface area (Å²) < 4.78 is 6.39. The minimum atomic E-state index is -0.808. The molecule has 3 atom stereocenters. The second-order valence-corrected chi connectivity index (χ2v) is 12.4. The molecule has 2 aromatic rings. The van der Waals surface area contributed by atoms with Gasteiger partial charge in [-0.05, 0) is 76.0 Å². The topological polar surface area (TPSA) is 98.2 Å². The molecule has 0 saturated carbocycles. The predicted octanol–water partition coefficient (Wildman–Crippen LogP) is 4.59. The zero-order valence-electron chi connectivity index (χ0n) is 24.8. The third-order valence-corrected chi connectivity index (χ3v) is 8.62. The first-order chi connectivity index (χ1) is 20.1. The first kappa shape index (κ1) is 32.3. The van der Waals surface area contributed by atoms with Gasteiger partial charge in [0.1, 0.15) is 17.9 Å². The molecule has 1 aromatic carbocycles. The number of aromatic nitrogens is 1. The van der Waals surface area contributed by atoms with E-state index >= 15 is 0 Å². The molecule has 3 heterocycles. The third kappa shape index (κ3) is 8.72. The number of piperidine rings is 2. The van der Waals surface area contributed by atoms with E-state index in [-0.39, 0.29) is 36.9 Å². The number of aliphatic hydroxyl groups is 1. The average Bonchev–Trinajstić information content (AvgIpc) is 2.97. The molecule has 1 aromatic heterocycles. The van der Waals surface area contributed by atoms with Gasteiger partial charge < -0.3 is 29.9 Å². The van der Waals surface area contributed by atoms with E-state index in [1.807, 2.05) is 31.1 Å². The fourth-order valence-electron chi connectivity index (χ4n) is 5.73. The van der Waals surface area contributed by atoms with Crippen LogP contribution in [-0.4, -0.2) is 102 Å². The van der Waals surface area contributed by atoms with E-state index < -0.39 is 12.1 Å². The van der Waals surface area contributed by atoms with Crippen LogP contribution in [0.15, 0.2) is 36.5 Å². The molecule has 0 radical (unpaired) electrons. The Morgan fingerprint density at radius 3 is 2.57 bits per heavy atom. The molecule has 0 aliphatic carbocycles. The number of carbonyl (C=O) groups is 2. The summed E-state index contributed by atoms with van der Waals surface area (Å²) in [6.07, 6.45) is 5.30. The summed E-state index contributed by atoms with van der Waals surface area (Å²) in [6, 6.07) is 7.88. The van der Waals surface area contributed by atoms with E-state index in [2.05, 4.69) is 17.1 Å². The third-order valence-electron chi connectivity index (χ3n) is 8.03. The summed E-state index contributed by atoms with van der Waals surface area (Å²) in [5, 5.41) is 14.0. The fraction of sp³-hybridized carbons (Fsp3) is 0.581. The number of hydrogen-bond acceptors (Lipinski definition) is 6. The summed E-state index contributed by atoms with van der Waals surface area (Å²) in [6.45, 7) is 4.81. The first-order valence-electron chi connectivity index (χ1n) is 14.9. The number of ether oxygens (including phenoxy) is 1. The van der Waals surface area contributed by atoms with Crippen LogP contribution in [0.4, 0.5) is 4.79 Å². The number of hydrogen-bond donors (Lipinski definition) is 2. The normalized spacial score (nSPS) is 19.5. The average molecular weight is 621 g/mol. The number of pyridine rings is 1. The number of halogens is 2. The van der Waals surface area contributed by atoms with E-state index in [1.54, 1.807) is 29.3 Å². The van der Waals surface area contributed by atoms with Crippen molar-refractivity contribution in [3.63, 3.8) is 0 Å². The highest BCUT2D eigenvalue weighted by Crippen LogP contribution is 2.34. The molecular formula is C31H43Cl2N5O4. The summed E-state index contributed by atoms with van der Waals surface area (Å²) in [4.78, 5) is 37.3. The minimum Gasteiger partial charge on any atom is -0.487 e. The van der Waals surface area contributed by atoms with Crippen molar-refractivity contribution < 1.29 is 19.4 Å². The van der Waals surface area contributed by atoms with Crippen LogP contribution in [0.1, 0.15) is 56.2 Å². The lowest BCUT2D eigenvalue weighted by molar-refractivity contribution is -0.134. The van der Waals surface area contributed by atoms with Crippen LogP contribution < -0.4 is 10.1 Å². The molecule has 2 aliphatic heterocycles. The number of aliphatic hydroxyl groups excluding tert-OH is 1. The number of urea groups is 1. The lowest BCUT2D eigenvalue weighted by Gasteiger charge is -2.36. The molecule has 11 heteroatoms. The summed E-state index contributed by atoms with van der Waals surface area (Å²) in [5.74, 6) is 0.817. The molecule has 0 spiro atoms. The van der Waals surface area contributed by atoms with Gasteiger partial charge >= 0.3 is 6.03 Å². The SMILES string of the molecule is CC[C@@H](CN(C)C)Oc1cccnc1C1CCN(C(=O)[C@@H](Cc2ccc(Cl)cc2Cl)NC(=O)N2CCCC(O)C2)CC1. The number of nitrogens with one attached hydrogen (secondary N) is 1. The Kier molecular flexibility index (Phi) is 11.7. The van der Waals surface area contributed by atoms with Gasteiger partial charge in [-0.25, -0.2) is 4.79 Å². The van der Waals surface area contributed by atoms with E-state index in [0.717, 1.165) is 49.2 Å². The predicted molar refractivity (Wildman–Crippen MR) is 165 cm³/mol. The molecule has 2 fully saturated rings.